The lowest BCUT2D eigenvalue weighted by Crippen LogP contribution is -2.11. The molecule has 1 amide bonds. The summed E-state index contributed by atoms with van der Waals surface area (Å²) >= 11 is 0. The second-order valence-corrected chi connectivity index (χ2v) is 4.44. The van der Waals surface area contributed by atoms with Gasteiger partial charge in [-0.3, -0.25) is 4.79 Å². The van der Waals surface area contributed by atoms with Gasteiger partial charge < -0.3 is 10.5 Å². The van der Waals surface area contributed by atoms with Crippen LogP contribution >= 0.6 is 0 Å². The second kappa shape index (κ2) is 6.50. The number of amides is 1. The Hall–Kier alpha value is -3.20. The van der Waals surface area contributed by atoms with Crippen LogP contribution in [0.4, 0.5) is 4.39 Å². The van der Waals surface area contributed by atoms with Gasteiger partial charge in [0.25, 0.3) is 0 Å². The Morgan fingerprint density at radius 2 is 1.77 bits per heavy atom. The van der Waals surface area contributed by atoms with Crippen LogP contribution in [0, 0.1) is 17.1 Å². The molecule has 0 aromatic heterocycles. The largest absolute Gasteiger partial charge is 0.457 e. The van der Waals surface area contributed by atoms with E-state index in [1.807, 2.05) is 6.07 Å². The molecule has 0 aliphatic carbocycles. The number of nitrogens with zero attached hydrogens (tertiary/aromatic N) is 1. The maximum atomic E-state index is 13.6. The van der Waals surface area contributed by atoms with Crippen LogP contribution in [0.2, 0.25) is 0 Å². The van der Waals surface area contributed by atoms with Crippen molar-refractivity contribution in [1.29, 1.82) is 5.26 Å². The standard InChI is InChI=1S/C16H11FN2O3/c17-14-7-10(8-18)1-2-13(14)9-22-16(21)12-5-3-11(4-6-12)15(19)20/h1-7H,9H2,(H2,19,20). The molecule has 2 aromatic rings. The molecule has 0 saturated carbocycles. The molecule has 0 heterocycles. The van der Waals surface area contributed by atoms with Gasteiger partial charge in [-0.1, -0.05) is 6.07 Å². The van der Waals surface area contributed by atoms with Crippen LogP contribution in [0.3, 0.4) is 0 Å². The number of carbonyl (C=O) groups is 2. The molecule has 0 unspecified atom stereocenters. The quantitative estimate of drug-likeness (QED) is 0.875. The lowest BCUT2D eigenvalue weighted by atomic mass is 10.1. The number of rotatable bonds is 4. The van der Waals surface area contributed by atoms with Gasteiger partial charge in [0.2, 0.25) is 5.91 Å². The number of halogens is 1. The van der Waals surface area contributed by atoms with Gasteiger partial charge >= 0.3 is 5.97 Å². The van der Waals surface area contributed by atoms with Crippen LogP contribution in [0.1, 0.15) is 31.8 Å². The number of nitriles is 1. The average Bonchev–Trinajstić information content (AvgIpc) is 2.53. The van der Waals surface area contributed by atoms with Crippen molar-refractivity contribution in [1.82, 2.24) is 0 Å². The number of benzene rings is 2. The number of carbonyl (C=O) groups excluding carboxylic acids is 2. The predicted molar refractivity (Wildman–Crippen MR) is 75.2 cm³/mol. The van der Waals surface area contributed by atoms with Crippen LogP contribution in [-0.4, -0.2) is 11.9 Å². The molecule has 110 valence electrons. The van der Waals surface area contributed by atoms with Crippen molar-refractivity contribution in [2.45, 2.75) is 6.61 Å². The number of ether oxygens (including phenoxy) is 1. The topological polar surface area (TPSA) is 93.2 Å². The molecule has 22 heavy (non-hydrogen) atoms. The highest BCUT2D eigenvalue weighted by molar-refractivity contribution is 5.95. The molecule has 0 saturated heterocycles. The first-order valence-electron chi connectivity index (χ1n) is 6.27. The molecule has 0 spiro atoms. The number of hydrogen-bond acceptors (Lipinski definition) is 4. The fourth-order valence-electron chi connectivity index (χ4n) is 1.73. The molecule has 6 heteroatoms. The maximum absolute atomic E-state index is 13.6. The zero-order valence-corrected chi connectivity index (χ0v) is 11.4. The van der Waals surface area contributed by atoms with Gasteiger partial charge in [0, 0.05) is 11.1 Å². The first kappa shape index (κ1) is 15.2. The minimum absolute atomic E-state index is 0.168. The monoisotopic (exact) mass is 298 g/mol. The molecule has 0 fully saturated rings. The zero-order valence-electron chi connectivity index (χ0n) is 11.4. The van der Waals surface area contributed by atoms with E-state index in [9.17, 15) is 14.0 Å². The fourth-order valence-corrected chi connectivity index (χ4v) is 1.73. The highest BCUT2D eigenvalue weighted by Gasteiger charge is 2.11. The Morgan fingerprint density at radius 1 is 1.14 bits per heavy atom. The van der Waals surface area contributed by atoms with Gasteiger partial charge in [-0.15, -0.1) is 0 Å². The van der Waals surface area contributed by atoms with Crippen molar-refractivity contribution in [3.63, 3.8) is 0 Å². The number of hydrogen-bond donors (Lipinski definition) is 1. The normalized spacial score (nSPS) is 9.82. The maximum Gasteiger partial charge on any atom is 0.338 e. The summed E-state index contributed by atoms with van der Waals surface area (Å²) in [7, 11) is 0. The van der Waals surface area contributed by atoms with Gasteiger partial charge in [0.1, 0.15) is 12.4 Å². The lowest BCUT2D eigenvalue weighted by molar-refractivity contribution is 0.0468. The van der Waals surface area contributed by atoms with Crippen molar-refractivity contribution in [3.8, 4) is 6.07 Å². The van der Waals surface area contributed by atoms with Gasteiger partial charge in [0.05, 0.1) is 17.2 Å². The lowest BCUT2D eigenvalue weighted by Gasteiger charge is -2.06. The van der Waals surface area contributed by atoms with E-state index in [0.717, 1.165) is 6.07 Å². The van der Waals surface area contributed by atoms with Crippen molar-refractivity contribution >= 4 is 11.9 Å². The summed E-state index contributed by atoms with van der Waals surface area (Å²) in [4.78, 5) is 22.7. The summed E-state index contributed by atoms with van der Waals surface area (Å²) in [5.74, 6) is -1.87. The van der Waals surface area contributed by atoms with E-state index in [0.29, 0.717) is 0 Å². The molecule has 2 rings (SSSR count). The minimum atomic E-state index is -0.653. The molecule has 5 nitrogen and oxygen atoms in total. The van der Waals surface area contributed by atoms with Crippen molar-refractivity contribution in [3.05, 3.63) is 70.5 Å². The third-order valence-electron chi connectivity index (χ3n) is 2.95. The summed E-state index contributed by atoms with van der Waals surface area (Å²) in [6.45, 7) is -0.256. The van der Waals surface area contributed by atoms with E-state index >= 15 is 0 Å². The van der Waals surface area contributed by atoms with E-state index in [2.05, 4.69) is 0 Å². The molecule has 0 aliphatic heterocycles. The van der Waals surface area contributed by atoms with Crippen molar-refractivity contribution in [2.24, 2.45) is 5.73 Å². The minimum Gasteiger partial charge on any atom is -0.457 e. The molecular weight excluding hydrogens is 287 g/mol. The van der Waals surface area contributed by atoms with E-state index in [4.69, 9.17) is 15.7 Å². The third-order valence-corrected chi connectivity index (χ3v) is 2.95. The molecule has 2 aromatic carbocycles. The van der Waals surface area contributed by atoms with Gasteiger partial charge in [0.15, 0.2) is 0 Å². The summed E-state index contributed by atoms with van der Waals surface area (Å²) in [6, 6.07) is 11.3. The molecule has 0 aliphatic rings. The molecular formula is C16H11FN2O3. The van der Waals surface area contributed by atoms with Crippen molar-refractivity contribution in [2.75, 3.05) is 0 Å². The van der Waals surface area contributed by atoms with Crippen LogP contribution < -0.4 is 5.73 Å². The Balaban J connectivity index is 2.04. The fraction of sp³-hybridized carbons (Fsp3) is 0.0625. The molecule has 2 N–H and O–H groups in total. The molecule has 0 atom stereocenters. The predicted octanol–water partition coefficient (Wildman–Crippen LogP) is 2.15. The third kappa shape index (κ3) is 3.46. The first-order valence-corrected chi connectivity index (χ1v) is 6.27. The summed E-state index contributed by atoms with van der Waals surface area (Å²) in [5, 5.41) is 8.65. The van der Waals surface area contributed by atoms with E-state index in [1.165, 1.54) is 36.4 Å². The number of primary amides is 1. The van der Waals surface area contributed by atoms with Crippen LogP contribution in [-0.2, 0) is 11.3 Å². The number of nitrogens with two attached hydrogens (primary N) is 1. The van der Waals surface area contributed by atoms with Crippen LogP contribution in [0.5, 0.6) is 0 Å². The van der Waals surface area contributed by atoms with E-state index in [1.54, 1.807) is 0 Å². The summed E-state index contributed by atoms with van der Waals surface area (Å²) < 4.78 is 18.6. The van der Waals surface area contributed by atoms with Crippen LogP contribution in [0.15, 0.2) is 42.5 Å². The molecule has 0 bridgehead atoms. The van der Waals surface area contributed by atoms with Gasteiger partial charge in [-0.05, 0) is 36.4 Å². The smallest absolute Gasteiger partial charge is 0.338 e. The summed E-state index contributed by atoms with van der Waals surface area (Å²) in [5.41, 5.74) is 5.95. The van der Waals surface area contributed by atoms with E-state index in [-0.39, 0.29) is 28.9 Å². The van der Waals surface area contributed by atoms with Gasteiger partial charge in [-0.25, -0.2) is 9.18 Å². The number of esters is 1. The SMILES string of the molecule is N#Cc1ccc(COC(=O)c2ccc(C(N)=O)cc2)c(F)c1. The van der Waals surface area contributed by atoms with E-state index < -0.39 is 17.7 Å². The Morgan fingerprint density at radius 3 is 2.32 bits per heavy atom. The zero-order chi connectivity index (χ0) is 16.1. The Bertz CT molecular complexity index is 764. The van der Waals surface area contributed by atoms with Crippen LogP contribution in [0.25, 0.3) is 0 Å². The highest BCUT2D eigenvalue weighted by atomic mass is 19.1. The Kier molecular flexibility index (Phi) is 4.49. The highest BCUT2D eigenvalue weighted by Crippen LogP contribution is 2.13. The molecule has 0 radical (unpaired) electrons. The van der Waals surface area contributed by atoms with Crippen molar-refractivity contribution < 1.29 is 18.7 Å². The average molecular weight is 298 g/mol. The summed E-state index contributed by atoms with van der Waals surface area (Å²) in [6.07, 6.45) is 0. The van der Waals surface area contributed by atoms with Gasteiger partial charge in [-0.2, -0.15) is 5.26 Å². The first-order chi connectivity index (χ1) is 10.5. The second-order valence-electron chi connectivity index (χ2n) is 4.44. The Labute approximate surface area is 125 Å².